The third-order valence-corrected chi connectivity index (χ3v) is 3.51. The Morgan fingerprint density at radius 2 is 2.16 bits per heavy atom. The summed E-state index contributed by atoms with van der Waals surface area (Å²) in [5.74, 6) is -0.660. The molecule has 0 amide bonds. The number of hydrogen-bond donors (Lipinski definition) is 1. The minimum absolute atomic E-state index is 0.510. The monoisotopic (exact) mass is 326 g/mol. The number of carbonyl (C=O) groups is 1. The van der Waals surface area contributed by atoms with Crippen LogP contribution in [-0.2, 0) is 15.1 Å². The minimum Gasteiger partial charge on any atom is -0.466 e. The van der Waals surface area contributed by atoms with Crippen molar-refractivity contribution in [2.45, 2.75) is 32.3 Å². The molecule has 0 aromatic heterocycles. The number of carbonyl (C=O) groups excluding carboxylic acids is 1. The number of esters is 1. The van der Waals surface area contributed by atoms with Gasteiger partial charge < -0.3 is 9.84 Å². The van der Waals surface area contributed by atoms with E-state index in [1.54, 1.807) is 18.2 Å². The molecule has 0 bridgehead atoms. The summed E-state index contributed by atoms with van der Waals surface area (Å²) in [7, 11) is 1.28. The van der Waals surface area contributed by atoms with E-state index in [1.165, 1.54) is 7.11 Å². The first-order valence-corrected chi connectivity index (χ1v) is 7.06. The van der Waals surface area contributed by atoms with Gasteiger partial charge in [-0.1, -0.05) is 48.0 Å². The lowest BCUT2D eigenvalue weighted by Crippen LogP contribution is -2.38. The number of methoxy groups -OCH3 is 1. The SMILES string of the molecule is CC/C=C(\CC)C(O)(C(=O)OC)c1cccc(Br)c1. The Balaban J connectivity index is 3.43. The van der Waals surface area contributed by atoms with E-state index in [-0.39, 0.29) is 0 Å². The molecule has 104 valence electrons. The Bertz CT molecular complexity index is 482. The summed E-state index contributed by atoms with van der Waals surface area (Å²) < 4.78 is 5.60. The molecule has 0 radical (unpaired) electrons. The molecular weight excluding hydrogens is 308 g/mol. The molecule has 1 rings (SSSR count). The third kappa shape index (κ3) is 3.25. The molecule has 0 aliphatic carbocycles. The van der Waals surface area contributed by atoms with Crippen molar-refractivity contribution in [2.24, 2.45) is 0 Å². The first-order chi connectivity index (χ1) is 9.00. The van der Waals surface area contributed by atoms with Crippen molar-refractivity contribution in [3.63, 3.8) is 0 Å². The van der Waals surface area contributed by atoms with Crippen LogP contribution in [0.3, 0.4) is 0 Å². The molecule has 3 nitrogen and oxygen atoms in total. The van der Waals surface area contributed by atoms with Crippen LogP contribution in [0.25, 0.3) is 0 Å². The first kappa shape index (κ1) is 15.9. The van der Waals surface area contributed by atoms with Crippen LogP contribution in [0.2, 0.25) is 0 Å². The number of halogens is 1. The fraction of sp³-hybridized carbons (Fsp3) is 0.400. The fourth-order valence-electron chi connectivity index (χ4n) is 2.09. The molecule has 0 saturated heterocycles. The highest BCUT2D eigenvalue weighted by molar-refractivity contribution is 9.10. The zero-order chi connectivity index (χ0) is 14.5. The Kier molecular flexibility index (Phi) is 5.76. The number of allylic oxidation sites excluding steroid dienone is 1. The van der Waals surface area contributed by atoms with Gasteiger partial charge in [0.1, 0.15) is 0 Å². The number of ether oxygens (including phenoxy) is 1. The van der Waals surface area contributed by atoms with Crippen LogP contribution in [0.4, 0.5) is 0 Å². The van der Waals surface area contributed by atoms with E-state index in [9.17, 15) is 9.90 Å². The number of benzene rings is 1. The highest BCUT2D eigenvalue weighted by Crippen LogP contribution is 2.34. The van der Waals surface area contributed by atoms with Crippen LogP contribution >= 0.6 is 15.9 Å². The van der Waals surface area contributed by atoms with Crippen molar-refractivity contribution in [1.82, 2.24) is 0 Å². The molecule has 0 heterocycles. The van der Waals surface area contributed by atoms with Crippen LogP contribution in [0, 0.1) is 0 Å². The van der Waals surface area contributed by atoms with E-state index in [1.807, 2.05) is 26.0 Å². The van der Waals surface area contributed by atoms with E-state index < -0.39 is 11.6 Å². The molecule has 1 unspecified atom stereocenters. The third-order valence-electron chi connectivity index (χ3n) is 3.02. The average molecular weight is 327 g/mol. The minimum atomic E-state index is -1.72. The summed E-state index contributed by atoms with van der Waals surface area (Å²) in [6.07, 6.45) is 3.19. The Morgan fingerprint density at radius 1 is 1.47 bits per heavy atom. The Hall–Kier alpha value is -1.13. The maximum atomic E-state index is 12.1. The molecule has 0 saturated carbocycles. The molecule has 19 heavy (non-hydrogen) atoms. The van der Waals surface area contributed by atoms with Gasteiger partial charge in [-0.25, -0.2) is 4.79 Å². The predicted octanol–water partition coefficient (Wildman–Crippen LogP) is 3.56. The van der Waals surface area contributed by atoms with Crippen molar-refractivity contribution in [3.05, 3.63) is 46.0 Å². The van der Waals surface area contributed by atoms with Crippen LogP contribution in [0.1, 0.15) is 32.3 Å². The second-order valence-corrected chi connectivity index (χ2v) is 5.12. The zero-order valence-electron chi connectivity index (χ0n) is 11.4. The van der Waals surface area contributed by atoms with Crippen LogP contribution in [0.15, 0.2) is 40.4 Å². The molecular formula is C15H19BrO3. The second kappa shape index (κ2) is 6.87. The van der Waals surface area contributed by atoms with Gasteiger partial charge in [-0.15, -0.1) is 0 Å². The van der Waals surface area contributed by atoms with E-state index in [2.05, 4.69) is 15.9 Å². The molecule has 0 aliphatic rings. The van der Waals surface area contributed by atoms with E-state index in [4.69, 9.17) is 4.74 Å². The highest BCUT2D eigenvalue weighted by atomic mass is 79.9. The second-order valence-electron chi connectivity index (χ2n) is 4.20. The quantitative estimate of drug-likeness (QED) is 0.664. The predicted molar refractivity (Wildman–Crippen MR) is 78.7 cm³/mol. The number of aliphatic hydroxyl groups is 1. The van der Waals surface area contributed by atoms with Gasteiger partial charge in [0.2, 0.25) is 5.60 Å². The summed E-state index contributed by atoms with van der Waals surface area (Å²) in [5.41, 5.74) is -0.557. The Morgan fingerprint density at radius 3 is 2.63 bits per heavy atom. The molecule has 1 N–H and O–H groups in total. The molecule has 4 heteroatoms. The summed E-state index contributed by atoms with van der Waals surface area (Å²) in [5, 5.41) is 10.9. The summed E-state index contributed by atoms with van der Waals surface area (Å²) >= 11 is 3.35. The summed E-state index contributed by atoms with van der Waals surface area (Å²) in [6.45, 7) is 3.88. The maximum Gasteiger partial charge on any atom is 0.347 e. The van der Waals surface area contributed by atoms with Gasteiger partial charge in [-0.05, 0) is 30.5 Å². The van der Waals surface area contributed by atoms with Gasteiger partial charge in [0.05, 0.1) is 7.11 Å². The average Bonchev–Trinajstić information content (AvgIpc) is 2.42. The van der Waals surface area contributed by atoms with Crippen molar-refractivity contribution in [1.29, 1.82) is 0 Å². The standard InChI is InChI=1S/C15H19BrO3/c1-4-7-11(5-2)15(18,14(17)19-3)12-8-6-9-13(16)10-12/h6-10,18H,4-5H2,1-3H3/b11-7+. The lowest BCUT2D eigenvalue weighted by Gasteiger charge is -2.28. The molecule has 0 spiro atoms. The van der Waals surface area contributed by atoms with Crippen molar-refractivity contribution >= 4 is 21.9 Å². The fourth-order valence-corrected chi connectivity index (χ4v) is 2.49. The highest BCUT2D eigenvalue weighted by Gasteiger charge is 2.42. The molecule has 0 aliphatic heterocycles. The summed E-state index contributed by atoms with van der Waals surface area (Å²) in [4.78, 5) is 12.1. The van der Waals surface area contributed by atoms with Crippen molar-refractivity contribution in [3.8, 4) is 0 Å². The molecule has 0 fully saturated rings. The topological polar surface area (TPSA) is 46.5 Å². The van der Waals surface area contributed by atoms with E-state index in [0.29, 0.717) is 17.6 Å². The lowest BCUT2D eigenvalue weighted by molar-refractivity contribution is -0.159. The van der Waals surface area contributed by atoms with E-state index >= 15 is 0 Å². The van der Waals surface area contributed by atoms with E-state index in [0.717, 1.165) is 10.9 Å². The van der Waals surface area contributed by atoms with Gasteiger partial charge in [0.25, 0.3) is 0 Å². The van der Waals surface area contributed by atoms with Gasteiger partial charge in [0.15, 0.2) is 0 Å². The number of rotatable bonds is 5. The molecule has 1 aromatic carbocycles. The van der Waals surface area contributed by atoms with Gasteiger partial charge in [-0.2, -0.15) is 0 Å². The van der Waals surface area contributed by atoms with Gasteiger partial charge >= 0.3 is 5.97 Å². The summed E-state index contributed by atoms with van der Waals surface area (Å²) in [6, 6.07) is 7.08. The lowest BCUT2D eigenvalue weighted by atomic mass is 9.84. The van der Waals surface area contributed by atoms with Crippen LogP contribution < -0.4 is 0 Å². The van der Waals surface area contributed by atoms with Crippen LogP contribution in [0.5, 0.6) is 0 Å². The molecule has 1 aromatic rings. The smallest absolute Gasteiger partial charge is 0.347 e. The van der Waals surface area contributed by atoms with Gasteiger partial charge in [-0.3, -0.25) is 0 Å². The van der Waals surface area contributed by atoms with Gasteiger partial charge in [0, 0.05) is 10.0 Å². The zero-order valence-corrected chi connectivity index (χ0v) is 13.0. The largest absolute Gasteiger partial charge is 0.466 e. The Labute approximate surface area is 122 Å². The van der Waals surface area contributed by atoms with Crippen molar-refractivity contribution in [2.75, 3.05) is 7.11 Å². The first-order valence-electron chi connectivity index (χ1n) is 6.27. The van der Waals surface area contributed by atoms with Crippen LogP contribution in [-0.4, -0.2) is 18.2 Å². The maximum absolute atomic E-state index is 12.1. The molecule has 1 atom stereocenters. The number of hydrogen-bond acceptors (Lipinski definition) is 3. The van der Waals surface area contributed by atoms with Crippen molar-refractivity contribution < 1.29 is 14.6 Å². The normalized spacial score (nSPS) is 14.9.